The molecule has 0 aliphatic carbocycles. The maximum absolute atomic E-state index is 11.9. The van der Waals surface area contributed by atoms with Gasteiger partial charge in [0, 0.05) is 12.5 Å². The van der Waals surface area contributed by atoms with Gasteiger partial charge in [-0.15, -0.1) is 0 Å². The molecule has 2 atom stereocenters. The van der Waals surface area contributed by atoms with Crippen LogP contribution in [0.1, 0.15) is 40.0 Å². The van der Waals surface area contributed by atoms with E-state index in [2.05, 4.69) is 107 Å². The summed E-state index contributed by atoms with van der Waals surface area (Å²) >= 11 is 0. The Labute approximate surface area is 266 Å². The lowest BCUT2D eigenvalue weighted by Gasteiger charge is -2.40. The Kier molecular flexibility index (Phi) is 13.1. The standard InChI is InChI=1S/C22H22O2P.C13H28BNO3Si/c1-24-22(23)17-18-25(19-11-5-2-6-12-19,20-13-7-3-8-14-20)21-15-9-4-10-16-21;1-13(2,3)19(5,6)18-12-7-9-15(14(4)17)11(12)8-10-16/h2-16H,17-18H2,1H3;10-12,17H,7-9H2,1-6H3/q+1;/t;11-,12?/m.0/s1. The van der Waals surface area contributed by atoms with E-state index < -0.39 is 22.6 Å². The van der Waals surface area contributed by atoms with Crippen molar-refractivity contribution in [3.05, 3.63) is 91.0 Å². The number of benzene rings is 3. The third-order valence-corrected chi connectivity index (χ3v) is 18.0. The van der Waals surface area contributed by atoms with E-state index in [9.17, 15) is 14.6 Å². The summed E-state index contributed by atoms with van der Waals surface area (Å²) < 4.78 is 11.4. The molecule has 0 spiro atoms. The van der Waals surface area contributed by atoms with Crippen molar-refractivity contribution in [3.63, 3.8) is 0 Å². The molecule has 3 aromatic carbocycles. The molecule has 44 heavy (non-hydrogen) atoms. The number of esters is 1. The Morgan fingerprint density at radius 2 is 1.41 bits per heavy atom. The average Bonchev–Trinajstić information content (AvgIpc) is 3.40. The van der Waals surface area contributed by atoms with Crippen LogP contribution in [0.3, 0.4) is 0 Å². The SMILES string of the molecule is CB(O)N1CCC(O[Si](C)(C)C(C)(C)C)[C@@H]1CC=O.COC(=O)CC[P+](c1ccccc1)(c1ccccc1)c1ccccc1. The van der Waals surface area contributed by atoms with Crippen LogP contribution in [0, 0.1) is 0 Å². The highest BCUT2D eigenvalue weighted by molar-refractivity contribution is 7.95. The Hall–Kier alpha value is -2.61. The van der Waals surface area contributed by atoms with Crippen LogP contribution in [0.25, 0.3) is 0 Å². The van der Waals surface area contributed by atoms with E-state index in [1.54, 1.807) is 6.82 Å². The van der Waals surface area contributed by atoms with E-state index in [0.717, 1.165) is 25.4 Å². The predicted molar refractivity (Wildman–Crippen MR) is 188 cm³/mol. The molecule has 1 unspecified atom stereocenters. The van der Waals surface area contributed by atoms with Crippen molar-refractivity contribution >= 4 is 50.8 Å². The van der Waals surface area contributed by atoms with Gasteiger partial charge in [0.15, 0.2) is 8.32 Å². The Morgan fingerprint density at radius 3 is 1.77 bits per heavy atom. The molecule has 1 saturated heterocycles. The van der Waals surface area contributed by atoms with E-state index in [-0.39, 0.29) is 23.2 Å². The van der Waals surface area contributed by atoms with Crippen molar-refractivity contribution in [2.75, 3.05) is 19.8 Å². The van der Waals surface area contributed by atoms with Crippen LogP contribution < -0.4 is 15.9 Å². The lowest BCUT2D eigenvalue weighted by molar-refractivity contribution is -0.140. The first-order valence-electron chi connectivity index (χ1n) is 15.5. The van der Waals surface area contributed by atoms with Gasteiger partial charge in [0.25, 0.3) is 0 Å². The number of rotatable bonds is 11. The summed E-state index contributed by atoms with van der Waals surface area (Å²) in [6, 6.07) is 31.7. The van der Waals surface area contributed by atoms with Gasteiger partial charge in [0.1, 0.15) is 29.5 Å². The fourth-order valence-corrected chi connectivity index (χ4v) is 11.2. The van der Waals surface area contributed by atoms with Gasteiger partial charge in [-0.25, -0.2) is 0 Å². The average molecular weight is 635 g/mol. The lowest BCUT2D eigenvalue weighted by atomic mass is 9.83. The van der Waals surface area contributed by atoms with E-state index in [0.29, 0.717) is 12.8 Å². The number of carbonyl (C=O) groups excluding carboxylic acids is 2. The molecule has 3 aromatic rings. The molecule has 0 bridgehead atoms. The van der Waals surface area contributed by atoms with Gasteiger partial charge < -0.3 is 23.8 Å². The summed E-state index contributed by atoms with van der Waals surface area (Å²) in [6.07, 6.45) is 3.51. The molecule has 0 aromatic heterocycles. The van der Waals surface area contributed by atoms with E-state index in [1.807, 2.05) is 23.0 Å². The van der Waals surface area contributed by atoms with Crippen LogP contribution >= 0.6 is 7.26 Å². The molecule has 0 saturated carbocycles. The molecule has 4 rings (SSSR count). The van der Waals surface area contributed by atoms with Crippen LogP contribution in [0.15, 0.2) is 91.0 Å². The van der Waals surface area contributed by atoms with Gasteiger partial charge >= 0.3 is 13.0 Å². The monoisotopic (exact) mass is 634 g/mol. The summed E-state index contributed by atoms with van der Waals surface area (Å²) in [5.74, 6) is -0.160. The minimum Gasteiger partial charge on any atom is -0.469 e. The smallest absolute Gasteiger partial charge is 0.376 e. The highest BCUT2D eigenvalue weighted by Crippen LogP contribution is 2.55. The molecule has 1 fully saturated rings. The second kappa shape index (κ2) is 16.1. The molecule has 236 valence electrons. The Bertz CT molecular complexity index is 1210. The minimum absolute atomic E-state index is 0.0200. The van der Waals surface area contributed by atoms with Crippen LogP contribution in [0.5, 0.6) is 0 Å². The van der Waals surface area contributed by atoms with Crippen LogP contribution in [-0.4, -0.2) is 69.4 Å². The van der Waals surface area contributed by atoms with Crippen molar-refractivity contribution < 1.29 is 23.8 Å². The highest BCUT2D eigenvalue weighted by Gasteiger charge is 2.46. The summed E-state index contributed by atoms with van der Waals surface area (Å²) in [5, 5.41) is 13.8. The molecule has 0 radical (unpaired) electrons. The number of aldehydes is 1. The van der Waals surface area contributed by atoms with Gasteiger partial charge in [-0.3, -0.25) is 4.79 Å². The second-order valence-corrected chi connectivity index (χ2v) is 21.3. The molecular weight excluding hydrogens is 584 g/mol. The quantitative estimate of drug-likeness (QED) is 0.126. The van der Waals surface area contributed by atoms with Gasteiger partial charge in [0.05, 0.1) is 25.8 Å². The summed E-state index contributed by atoms with van der Waals surface area (Å²) in [4.78, 5) is 24.8. The summed E-state index contributed by atoms with van der Waals surface area (Å²) in [7, 11) is -2.81. The van der Waals surface area contributed by atoms with E-state index in [1.165, 1.54) is 23.0 Å². The Balaban J connectivity index is 0.000000251. The second-order valence-electron chi connectivity index (χ2n) is 12.9. The summed E-state index contributed by atoms with van der Waals surface area (Å²) in [6.45, 7) is 13.7. The third kappa shape index (κ3) is 8.76. The largest absolute Gasteiger partial charge is 0.469 e. The molecular formula is C35H50BNO5PSi+. The zero-order chi connectivity index (χ0) is 32.4. The highest BCUT2D eigenvalue weighted by atomic mass is 31.2. The van der Waals surface area contributed by atoms with E-state index in [4.69, 9.17) is 9.16 Å². The van der Waals surface area contributed by atoms with Gasteiger partial charge in [-0.1, -0.05) is 75.4 Å². The van der Waals surface area contributed by atoms with Crippen molar-refractivity contribution in [1.82, 2.24) is 4.81 Å². The molecule has 1 N–H and O–H groups in total. The summed E-state index contributed by atoms with van der Waals surface area (Å²) in [5.41, 5.74) is 0. The molecule has 6 nitrogen and oxygen atoms in total. The van der Waals surface area contributed by atoms with Crippen molar-refractivity contribution in [2.24, 2.45) is 0 Å². The maximum atomic E-state index is 11.9. The van der Waals surface area contributed by atoms with Crippen molar-refractivity contribution in [1.29, 1.82) is 0 Å². The van der Waals surface area contributed by atoms with E-state index >= 15 is 0 Å². The lowest BCUT2D eigenvalue weighted by Crippen LogP contribution is -2.50. The van der Waals surface area contributed by atoms with Gasteiger partial charge in [-0.05, 0) is 74.3 Å². The van der Waals surface area contributed by atoms with Crippen molar-refractivity contribution in [3.8, 4) is 0 Å². The predicted octanol–water partition coefficient (Wildman–Crippen LogP) is 5.69. The third-order valence-electron chi connectivity index (χ3n) is 9.07. The molecule has 1 aliphatic rings. The molecule has 0 amide bonds. The van der Waals surface area contributed by atoms with Crippen molar-refractivity contribution in [2.45, 2.75) is 77.1 Å². The fourth-order valence-electron chi connectivity index (χ4n) is 5.63. The number of hydrogen-bond acceptors (Lipinski definition) is 6. The topological polar surface area (TPSA) is 76.1 Å². The minimum atomic E-state index is -1.92. The zero-order valence-electron chi connectivity index (χ0n) is 27.5. The van der Waals surface area contributed by atoms with Crippen LogP contribution in [0.4, 0.5) is 0 Å². The number of methoxy groups -OCH3 is 1. The first-order chi connectivity index (χ1) is 20.9. The van der Waals surface area contributed by atoms with Crippen LogP contribution in [-0.2, 0) is 18.8 Å². The number of carbonyl (C=O) groups is 2. The van der Waals surface area contributed by atoms with Gasteiger partial charge in [-0.2, -0.15) is 0 Å². The number of nitrogens with zero attached hydrogens (tertiary/aromatic N) is 1. The first kappa shape index (κ1) is 35.9. The Morgan fingerprint density at radius 1 is 0.955 bits per heavy atom. The first-order valence-corrected chi connectivity index (χ1v) is 20.4. The number of ether oxygens (including phenoxy) is 1. The van der Waals surface area contributed by atoms with Gasteiger partial charge in [0.2, 0.25) is 0 Å². The fraction of sp³-hybridized carbons (Fsp3) is 0.429. The maximum Gasteiger partial charge on any atom is 0.376 e. The normalized spacial score (nSPS) is 17.4. The molecule has 1 heterocycles. The zero-order valence-corrected chi connectivity index (χ0v) is 29.4. The van der Waals surface area contributed by atoms with Crippen LogP contribution in [0.2, 0.25) is 25.0 Å². The number of hydrogen-bond donors (Lipinski definition) is 1. The molecule has 1 aliphatic heterocycles. The molecule has 9 heteroatoms.